The molecule has 0 aromatic carbocycles. The lowest BCUT2D eigenvalue weighted by Crippen LogP contribution is -2.51. The maximum Gasteiger partial charge on any atom is 0.328 e. The minimum absolute atomic E-state index is 0.137. The normalized spacial score (nSPS) is 20.2. The molecule has 0 aromatic heterocycles. The van der Waals surface area contributed by atoms with Crippen molar-refractivity contribution in [1.29, 1.82) is 0 Å². The van der Waals surface area contributed by atoms with Crippen LogP contribution in [0.2, 0.25) is 0 Å². The van der Waals surface area contributed by atoms with Gasteiger partial charge in [0, 0.05) is 6.54 Å². The number of hydrogen-bond donors (Lipinski definition) is 1. The summed E-state index contributed by atoms with van der Waals surface area (Å²) in [7, 11) is 1.32. The number of likely N-dealkylation sites (tertiary alicyclic amines) is 1. The number of methoxy groups -OCH3 is 1. The number of thiocarbonyl (C=S) groups is 1. The summed E-state index contributed by atoms with van der Waals surface area (Å²) < 4.78 is 4.69. The highest BCUT2D eigenvalue weighted by Gasteiger charge is 2.42. The average molecular weight is 258 g/mol. The molecule has 0 aliphatic carbocycles. The zero-order chi connectivity index (χ0) is 13.2. The molecule has 1 rings (SSSR count). The maximum absolute atomic E-state index is 12.3. The fourth-order valence-electron chi connectivity index (χ4n) is 1.86. The summed E-state index contributed by atoms with van der Waals surface area (Å²) in [5.41, 5.74) is 4.64. The Kier molecular flexibility index (Phi) is 4.08. The van der Waals surface area contributed by atoms with Crippen LogP contribution in [0.1, 0.15) is 26.7 Å². The third-order valence-corrected chi connectivity index (χ3v) is 3.65. The molecular formula is C11H18N2O3S. The molecule has 0 aromatic rings. The van der Waals surface area contributed by atoms with Crippen molar-refractivity contribution in [3.8, 4) is 0 Å². The summed E-state index contributed by atoms with van der Waals surface area (Å²) >= 11 is 4.89. The molecule has 1 amide bonds. The van der Waals surface area contributed by atoms with Crippen molar-refractivity contribution in [1.82, 2.24) is 4.90 Å². The first-order valence-electron chi connectivity index (χ1n) is 5.51. The Labute approximate surface area is 106 Å². The molecule has 2 N–H and O–H groups in total. The summed E-state index contributed by atoms with van der Waals surface area (Å²) in [6.45, 7) is 3.89. The topological polar surface area (TPSA) is 72.6 Å². The highest BCUT2D eigenvalue weighted by Crippen LogP contribution is 2.26. The quantitative estimate of drug-likeness (QED) is 0.588. The van der Waals surface area contributed by atoms with Crippen molar-refractivity contribution >= 4 is 29.1 Å². The van der Waals surface area contributed by atoms with Gasteiger partial charge in [-0.2, -0.15) is 0 Å². The van der Waals surface area contributed by atoms with E-state index in [1.54, 1.807) is 13.8 Å². The van der Waals surface area contributed by atoms with Gasteiger partial charge in [0.1, 0.15) is 6.04 Å². The van der Waals surface area contributed by atoms with Crippen molar-refractivity contribution in [3.05, 3.63) is 0 Å². The lowest BCUT2D eigenvalue weighted by atomic mass is 9.91. The molecule has 1 heterocycles. The summed E-state index contributed by atoms with van der Waals surface area (Å²) in [5, 5.41) is 0. The van der Waals surface area contributed by atoms with Gasteiger partial charge in [0.25, 0.3) is 0 Å². The molecule has 1 atom stereocenters. The molecule has 96 valence electrons. The summed E-state index contributed by atoms with van der Waals surface area (Å²) in [6.07, 6.45) is 1.42. The van der Waals surface area contributed by atoms with E-state index in [1.807, 2.05) is 0 Å². The fraction of sp³-hybridized carbons (Fsp3) is 0.727. The largest absolute Gasteiger partial charge is 0.467 e. The van der Waals surface area contributed by atoms with Gasteiger partial charge in [-0.1, -0.05) is 12.2 Å². The lowest BCUT2D eigenvalue weighted by Gasteiger charge is -2.31. The first kappa shape index (κ1) is 13.9. The molecule has 1 unspecified atom stereocenters. The lowest BCUT2D eigenvalue weighted by molar-refractivity contribution is -0.152. The van der Waals surface area contributed by atoms with Crippen molar-refractivity contribution in [2.45, 2.75) is 32.7 Å². The molecule has 1 aliphatic heterocycles. The first-order chi connectivity index (χ1) is 7.82. The number of rotatable bonds is 3. The van der Waals surface area contributed by atoms with Crippen LogP contribution in [0.4, 0.5) is 0 Å². The Bertz CT molecular complexity index is 355. The Balaban J connectivity index is 2.89. The van der Waals surface area contributed by atoms with Gasteiger partial charge in [-0.05, 0) is 26.7 Å². The van der Waals surface area contributed by atoms with Gasteiger partial charge in [-0.15, -0.1) is 0 Å². The predicted octanol–water partition coefficient (Wildman–Crippen LogP) is 0.463. The van der Waals surface area contributed by atoms with E-state index in [9.17, 15) is 9.59 Å². The molecule has 0 saturated carbocycles. The second-order valence-electron chi connectivity index (χ2n) is 4.67. The fourth-order valence-corrected chi connectivity index (χ4v) is 1.94. The van der Waals surface area contributed by atoms with Crippen LogP contribution in [0.25, 0.3) is 0 Å². The number of hydrogen-bond acceptors (Lipinski definition) is 4. The monoisotopic (exact) mass is 258 g/mol. The third kappa shape index (κ3) is 2.57. The molecular weight excluding hydrogens is 240 g/mol. The molecule has 0 spiro atoms. The minimum atomic E-state index is -0.925. The molecule has 1 fully saturated rings. The summed E-state index contributed by atoms with van der Waals surface area (Å²) in [5.74, 6) is -0.590. The number of carbonyl (C=O) groups excluding carboxylic acids is 2. The molecule has 5 nitrogen and oxygen atoms in total. The van der Waals surface area contributed by atoms with E-state index >= 15 is 0 Å². The second kappa shape index (κ2) is 5.00. The van der Waals surface area contributed by atoms with Crippen LogP contribution in [0.5, 0.6) is 0 Å². The van der Waals surface area contributed by atoms with Gasteiger partial charge in [-0.25, -0.2) is 4.79 Å². The van der Waals surface area contributed by atoms with Gasteiger partial charge in [-0.3, -0.25) is 4.79 Å². The number of amides is 1. The van der Waals surface area contributed by atoms with Crippen molar-refractivity contribution in [2.24, 2.45) is 11.1 Å². The Hall–Kier alpha value is -1.17. The van der Waals surface area contributed by atoms with Crippen LogP contribution in [0.3, 0.4) is 0 Å². The van der Waals surface area contributed by atoms with E-state index in [2.05, 4.69) is 0 Å². The van der Waals surface area contributed by atoms with Crippen LogP contribution in [0.15, 0.2) is 0 Å². The number of ether oxygens (including phenoxy) is 1. The number of nitrogens with zero attached hydrogens (tertiary/aromatic N) is 1. The Morgan fingerprint density at radius 2 is 2.06 bits per heavy atom. The SMILES string of the molecule is COC(=O)C1CCCN1C(=O)C(C)(C)C(N)=S. The van der Waals surface area contributed by atoms with Crippen LogP contribution < -0.4 is 5.73 Å². The number of nitrogens with two attached hydrogens (primary N) is 1. The molecule has 17 heavy (non-hydrogen) atoms. The molecule has 0 bridgehead atoms. The highest BCUT2D eigenvalue weighted by molar-refractivity contribution is 7.80. The second-order valence-corrected chi connectivity index (χ2v) is 5.11. The zero-order valence-corrected chi connectivity index (χ0v) is 11.2. The van der Waals surface area contributed by atoms with Crippen LogP contribution in [-0.4, -0.2) is 41.5 Å². The van der Waals surface area contributed by atoms with Crippen LogP contribution in [-0.2, 0) is 14.3 Å². The predicted molar refractivity (Wildman–Crippen MR) is 67.3 cm³/mol. The van der Waals surface area contributed by atoms with E-state index in [1.165, 1.54) is 12.0 Å². The standard InChI is InChI=1S/C11H18N2O3S/c1-11(2,9(12)17)10(15)13-6-4-5-7(13)8(14)16-3/h7H,4-6H2,1-3H3,(H2,12,17). The van der Waals surface area contributed by atoms with Gasteiger partial charge in [0.2, 0.25) is 5.91 Å². The zero-order valence-electron chi connectivity index (χ0n) is 10.4. The van der Waals surface area contributed by atoms with Crippen molar-refractivity contribution < 1.29 is 14.3 Å². The Morgan fingerprint density at radius 3 is 2.53 bits per heavy atom. The van der Waals surface area contributed by atoms with E-state index in [0.29, 0.717) is 13.0 Å². The molecule has 1 saturated heterocycles. The minimum Gasteiger partial charge on any atom is -0.467 e. The van der Waals surface area contributed by atoms with E-state index in [0.717, 1.165) is 6.42 Å². The first-order valence-corrected chi connectivity index (χ1v) is 5.92. The summed E-state index contributed by atoms with van der Waals surface area (Å²) in [6, 6.07) is -0.499. The van der Waals surface area contributed by atoms with E-state index < -0.39 is 11.5 Å². The molecule has 6 heteroatoms. The van der Waals surface area contributed by atoms with Crippen LogP contribution in [0, 0.1) is 5.41 Å². The van der Waals surface area contributed by atoms with Gasteiger partial charge >= 0.3 is 5.97 Å². The Morgan fingerprint density at radius 1 is 1.47 bits per heavy atom. The van der Waals surface area contributed by atoms with Crippen LogP contribution >= 0.6 is 12.2 Å². The highest BCUT2D eigenvalue weighted by atomic mass is 32.1. The maximum atomic E-state index is 12.3. The molecule has 0 radical (unpaired) electrons. The summed E-state index contributed by atoms with van der Waals surface area (Å²) in [4.78, 5) is 25.5. The van der Waals surface area contributed by atoms with E-state index in [-0.39, 0.29) is 16.9 Å². The van der Waals surface area contributed by atoms with Gasteiger partial charge < -0.3 is 15.4 Å². The van der Waals surface area contributed by atoms with Crippen molar-refractivity contribution in [2.75, 3.05) is 13.7 Å². The van der Waals surface area contributed by atoms with Gasteiger partial charge in [0.05, 0.1) is 17.5 Å². The van der Waals surface area contributed by atoms with Gasteiger partial charge in [0.15, 0.2) is 0 Å². The van der Waals surface area contributed by atoms with Crippen molar-refractivity contribution in [3.63, 3.8) is 0 Å². The van der Waals surface area contributed by atoms with E-state index in [4.69, 9.17) is 22.7 Å². The smallest absolute Gasteiger partial charge is 0.328 e. The number of carbonyl (C=O) groups is 2. The third-order valence-electron chi connectivity index (χ3n) is 3.14. The average Bonchev–Trinajstić information content (AvgIpc) is 2.75. The molecule has 1 aliphatic rings. The number of esters is 1.